The van der Waals surface area contributed by atoms with Crippen LogP contribution >= 0.6 is 11.3 Å². The van der Waals surface area contributed by atoms with E-state index < -0.39 is 47.3 Å². The van der Waals surface area contributed by atoms with Gasteiger partial charge in [0.1, 0.15) is 17.7 Å². The standard InChI is InChI=1S/C26H37NO6S/c1-15(12-19-14-34-18(4)27-19)21-11-9-7-8-10-20(28)16(2)24(31)17(3)25(32)26(5,6)22(29)13-23(30)33-21/h7,9,12,14,16-17,21-22,24,29,31H,8,10-11,13H2,1-6H3/t16-,17+,21-,22-,24-/m0/s1. The van der Waals surface area contributed by atoms with Crippen molar-refractivity contribution in [2.75, 3.05) is 0 Å². The number of ether oxygens (including phenoxy) is 1. The molecule has 0 saturated carbocycles. The SMILES string of the molecule is CC(=Cc1csc(C)n1)[C@@H]1CC=CCCC(=O)[C@H](C)[C@H](O)[C@@H](C)C(=O)C(C)(C)[C@@H](O)CC(=O)O1. The lowest BCUT2D eigenvalue weighted by atomic mass is 9.73. The van der Waals surface area contributed by atoms with Crippen molar-refractivity contribution >= 4 is 34.9 Å². The zero-order valence-electron chi connectivity index (χ0n) is 20.9. The maximum atomic E-state index is 13.1. The average molecular weight is 492 g/mol. The molecule has 0 saturated heterocycles. The van der Waals surface area contributed by atoms with E-state index in [4.69, 9.17) is 4.74 Å². The van der Waals surface area contributed by atoms with Gasteiger partial charge >= 0.3 is 5.97 Å². The van der Waals surface area contributed by atoms with Crippen molar-refractivity contribution in [3.8, 4) is 0 Å². The third-order valence-electron chi connectivity index (χ3n) is 6.64. The number of hydrogen-bond donors (Lipinski definition) is 2. The minimum atomic E-state index is -1.31. The molecule has 0 fully saturated rings. The second kappa shape index (κ2) is 12.0. The molecule has 0 spiro atoms. The van der Waals surface area contributed by atoms with Crippen LogP contribution in [0.3, 0.4) is 0 Å². The number of Topliss-reactive ketones (excluding diaryl/α,β-unsaturated/α-hetero) is 2. The molecule has 1 aliphatic heterocycles. The summed E-state index contributed by atoms with van der Waals surface area (Å²) in [6.07, 6.45) is 3.31. The van der Waals surface area contributed by atoms with E-state index in [0.29, 0.717) is 12.8 Å². The fraction of sp³-hybridized carbons (Fsp3) is 0.615. The summed E-state index contributed by atoms with van der Waals surface area (Å²) in [4.78, 5) is 42.9. The number of cyclic esters (lactones) is 1. The summed E-state index contributed by atoms with van der Waals surface area (Å²) in [5.41, 5.74) is 0.277. The zero-order chi connectivity index (χ0) is 25.6. The highest BCUT2D eigenvalue weighted by Crippen LogP contribution is 2.32. The predicted octanol–water partition coefficient (Wildman–Crippen LogP) is 4.06. The number of rotatable bonds is 2. The first kappa shape index (κ1) is 28.1. The van der Waals surface area contributed by atoms with Crippen molar-refractivity contribution in [1.82, 2.24) is 4.98 Å². The summed E-state index contributed by atoms with van der Waals surface area (Å²) < 4.78 is 5.71. The number of carbonyl (C=O) groups excluding carboxylic acids is 3. The van der Waals surface area contributed by atoms with Gasteiger partial charge in [0.25, 0.3) is 0 Å². The van der Waals surface area contributed by atoms with Crippen LogP contribution in [0.1, 0.15) is 71.0 Å². The molecule has 0 unspecified atom stereocenters. The molecule has 1 aliphatic rings. The van der Waals surface area contributed by atoms with Gasteiger partial charge in [-0.1, -0.05) is 39.8 Å². The molecule has 8 heteroatoms. The van der Waals surface area contributed by atoms with Crippen LogP contribution in [0.2, 0.25) is 0 Å². The molecule has 0 aromatic carbocycles. The van der Waals surface area contributed by atoms with Crippen LogP contribution in [-0.4, -0.2) is 51.0 Å². The topological polar surface area (TPSA) is 114 Å². The van der Waals surface area contributed by atoms with Gasteiger partial charge in [0.05, 0.1) is 34.7 Å². The minimum Gasteiger partial charge on any atom is -0.457 e. The summed E-state index contributed by atoms with van der Waals surface area (Å²) in [6, 6.07) is 0. The van der Waals surface area contributed by atoms with E-state index in [1.807, 2.05) is 37.5 Å². The first-order valence-electron chi connectivity index (χ1n) is 11.7. The highest BCUT2D eigenvalue weighted by Gasteiger charge is 2.43. The van der Waals surface area contributed by atoms with Crippen molar-refractivity contribution in [1.29, 1.82) is 0 Å². The molecular weight excluding hydrogens is 454 g/mol. The van der Waals surface area contributed by atoms with Crippen LogP contribution in [0.4, 0.5) is 0 Å². The Balaban J connectivity index is 2.32. The third-order valence-corrected chi connectivity index (χ3v) is 7.43. The van der Waals surface area contributed by atoms with E-state index >= 15 is 0 Å². The lowest BCUT2D eigenvalue weighted by molar-refractivity contribution is -0.154. The Morgan fingerprint density at radius 1 is 1.18 bits per heavy atom. The molecule has 34 heavy (non-hydrogen) atoms. The number of ketones is 2. The molecule has 7 nitrogen and oxygen atoms in total. The van der Waals surface area contributed by atoms with Gasteiger partial charge in [-0.05, 0) is 31.9 Å². The Morgan fingerprint density at radius 3 is 2.47 bits per heavy atom. The summed E-state index contributed by atoms with van der Waals surface area (Å²) in [5.74, 6) is -2.73. The molecular formula is C26H37NO6S. The summed E-state index contributed by atoms with van der Waals surface area (Å²) in [7, 11) is 0. The van der Waals surface area contributed by atoms with E-state index in [1.165, 1.54) is 11.3 Å². The second-order valence-corrected chi connectivity index (χ2v) is 10.8. The van der Waals surface area contributed by atoms with Gasteiger partial charge in [0, 0.05) is 30.1 Å². The van der Waals surface area contributed by atoms with Crippen LogP contribution in [-0.2, 0) is 19.1 Å². The van der Waals surface area contributed by atoms with Crippen molar-refractivity contribution < 1.29 is 29.3 Å². The summed E-state index contributed by atoms with van der Waals surface area (Å²) in [6.45, 7) is 10.0. The fourth-order valence-corrected chi connectivity index (χ4v) is 4.61. The quantitative estimate of drug-likeness (QED) is 0.474. The lowest BCUT2D eigenvalue weighted by Gasteiger charge is -2.34. The van der Waals surface area contributed by atoms with Gasteiger partial charge in [-0.25, -0.2) is 4.98 Å². The Morgan fingerprint density at radius 2 is 1.85 bits per heavy atom. The number of nitrogens with zero attached hydrogens (tertiary/aromatic N) is 1. The number of aromatic nitrogens is 1. The average Bonchev–Trinajstić information content (AvgIpc) is 3.19. The van der Waals surface area contributed by atoms with Crippen LogP contribution in [0.5, 0.6) is 0 Å². The molecule has 0 bridgehead atoms. The van der Waals surface area contributed by atoms with Crippen LogP contribution in [0, 0.1) is 24.2 Å². The molecule has 0 amide bonds. The molecule has 188 valence electrons. The molecule has 2 N–H and O–H groups in total. The first-order chi connectivity index (χ1) is 15.8. The maximum Gasteiger partial charge on any atom is 0.309 e. The number of hydrogen-bond acceptors (Lipinski definition) is 8. The number of thiazole rings is 1. The molecule has 1 aromatic heterocycles. The van der Waals surface area contributed by atoms with Crippen molar-refractivity contribution in [3.05, 3.63) is 33.8 Å². The van der Waals surface area contributed by atoms with E-state index in [2.05, 4.69) is 4.98 Å². The van der Waals surface area contributed by atoms with Gasteiger partial charge in [0.15, 0.2) is 0 Å². The van der Waals surface area contributed by atoms with Gasteiger partial charge < -0.3 is 14.9 Å². The molecule has 0 radical (unpaired) electrons. The number of carbonyl (C=O) groups is 3. The maximum absolute atomic E-state index is 13.1. The highest BCUT2D eigenvalue weighted by atomic mass is 32.1. The number of allylic oxidation sites excluding steroid dienone is 1. The zero-order valence-corrected chi connectivity index (χ0v) is 21.7. The Kier molecular flexibility index (Phi) is 9.91. The van der Waals surface area contributed by atoms with Crippen LogP contribution in [0.15, 0.2) is 23.1 Å². The van der Waals surface area contributed by atoms with E-state index in [0.717, 1.165) is 16.3 Å². The summed E-state index contributed by atoms with van der Waals surface area (Å²) in [5, 5.41) is 24.3. The fourth-order valence-electron chi connectivity index (χ4n) is 4.04. The van der Waals surface area contributed by atoms with Gasteiger partial charge in [-0.2, -0.15) is 0 Å². The van der Waals surface area contributed by atoms with E-state index in [1.54, 1.807) is 27.7 Å². The molecule has 1 aromatic rings. The van der Waals surface area contributed by atoms with Gasteiger partial charge in [0.2, 0.25) is 0 Å². The minimum absolute atomic E-state index is 0.125. The van der Waals surface area contributed by atoms with Crippen LogP contribution in [0.25, 0.3) is 6.08 Å². The number of aliphatic hydroxyl groups is 2. The molecule has 5 atom stereocenters. The monoisotopic (exact) mass is 491 g/mol. The predicted molar refractivity (Wildman–Crippen MR) is 132 cm³/mol. The number of esters is 1. The van der Waals surface area contributed by atoms with Crippen molar-refractivity contribution in [2.24, 2.45) is 17.3 Å². The Bertz CT molecular complexity index is 947. The van der Waals surface area contributed by atoms with E-state index in [-0.39, 0.29) is 18.6 Å². The summed E-state index contributed by atoms with van der Waals surface area (Å²) >= 11 is 1.53. The lowest BCUT2D eigenvalue weighted by Crippen LogP contribution is -2.46. The van der Waals surface area contributed by atoms with Gasteiger partial charge in [-0.3, -0.25) is 14.4 Å². The Hall–Kier alpha value is -2.16. The smallest absolute Gasteiger partial charge is 0.309 e. The second-order valence-electron chi connectivity index (χ2n) is 9.74. The molecule has 0 aliphatic carbocycles. The van der Waals surface area contributed by atoms with Crippen LogP contribution < -0.4 is 0 Å². The van der Waals surface area contributed by atoms with Gasteiger partial charge in [-0.15, -0.1) is 11.3 Å². The highest BCUT2D eigenvalue weighted by molar-refractivity contribution is 7.09. The van der Waals surface area contributed by atoms with Crippen molar-refractivity contribution in [2.45, 2.75) is 85.5 Å². The first-order valence-corrected chi connectivity index (χ1v) is 12.6. The van der Waals surface area contributed by atoms with Crippen molar-refractivity contribution in [3.63, 3.8) is 0 Å². The Labute approximate surface area is 205 Å². The van der Waals surface area contributed by atoms with E-state index in [9.17, 15) is 24.6 Å². The number of aryl methyl sites for hydroxylation is 1. The normalized spacial score (nSPS) is 30.3. The largest absolute Gasteiger partial charge is 0.457 e. The number of aliphatic hydroxyl groups excluding tert-OH is 2. The third kappa shape index (κ3) is 7.17. The molecule has 2 heterocycles. The molecule has 2 rings (SSSR count).